The molecule has 0 radical (unpaired) electrons. The van der Waals surface area contributed by atoms with Gasteiger partial charge < -0.3 is 54.5 Å². The minimum atomic E-state index is -1.73. The SMILES string of the molecule is CCCC(C)(CC)[C@H]1OC2C(O)C3CCC(C(C)(C)O)C(C3)OC(=O)C3OC(OC(C2O)C1NC(C)=O)C(O)C(O)C3OC(C)(CC)CC. The molecule has 14 unspecified atom stereocenters. The van der Waals surface area contributed by atoms with Gasteiger partial charge >= 0.3 is 5.97 Å². The molecule has 1 saturated carbocycles. The van der Waals surface area contributed by atoms with Gasteiger partial charge in [-0.05, 0) is 77.0 Å². The summed E-state index contributed by atoms with van der Waals surface area (Å²) >= 11 is 0. The van der Waals surface area contributed by atoms with E-state index in [0.717, 1.165) is 6.42 Å². The van der Waals surface area contributed by atoms with E-state index in [-0.39, 0.29) is 6.42 Å². The molecule has 13 heteroatoms. The normalized spacial score (nSPS) is 41.7. The molecule has 1 aliphatic carbocycles. The van der Waals surface area contributed by atoms with Gasteiger partial charge in [-0.25, -0.2) is 4.79 Å². The lowest BCUT2D eigenvalue weighted by Crippen LogP contribution is -2.71. The molecule has 0 aromatic carbocycles. The molecule has 4 rings (SSSR count). The maximum atomic E-state index is 14.2. The predicted molar refractivity (Wildman–Crippen MR) is 178 cm³/mol. The second-order valence-corrected chi connectivity index (χ2v) is 16.0. The summed E-state index contributed by atoms with van der Waals surface area (Å²) in [6.45, 7) is 16.4. The van der Waals surface area contributed by atoms with Gasteiger partial charge in [0.25, 0.3) is 0 Å². The van der Waals surface area contributed by atoms with Crippen molar-refractivity contribution < 1.29 is 58.8 Å². The molecule has 3 aliphatic heterocycles. The molecule has 3 saturated heterocycles. The number of hydrogen-bond acceptors (Lipinski definition) is 12. The number of ether oxygens (including phenoxy) is 5. The van der Waals surface area contributed by atoms with Crippen LogP contribution in [0.5, 0.6) is 0 Å². The summed E-state index contributed by atoms with van der Waals surface area (Å²) in [7, 11) is 0. The van der Waals surface area contributed by atoms with Gasteiger partial charge in [0.2, 0.25) is 5.91 Å². The molecule has 4 fully saturated rings. The van der Waals surface area contributed by atoms with E-state index in [0.29, 0.717) is 38.5 Å². The van der Waals surface area contributed by atoms with Crippen molar-refractivity contribution in [2.24, 2.45) is 17.3 Å². The predicted octanol–water partition coefficient (Wildman–Crippen LogP) is 2.11. The lowest BCUT2D eigenvalue weighted by Gasteiger charge is -2.54. The fraction of sp³-hybridized carbons (Fsp3) is 0.944. The van der Waals surface area contributed by atoms with Crippen molar-refractivity contribution in [3.8, 4) is 0 Å². The van der Waals surface area contributed by atoms with Crippen LogP contribution >= 0.6 is 0 Å². The van der Waals surface area contributed by atoms with Gasteiger partial charge in [0.1, 0.15) is 42.7 Å². The number of aliphatic hydroxyl groups is 5. The van der Waals surface area contributed by atoms with E-state index in [9.17, 15) is 35.1 Å². The van der Waals surface area contributed by atoms with Crippen molar-refractivity contribution >= 4 is 11.9 Å². The highest BCUT2D eigenvalue weighted by atomic mass is 16.7. The van der Waals surface area contributed by atoms with Crippen molar-refractivity contribution in [3.05, 3.63) is 0 Å². The zero-order chi connectivity index (χ0) is 36.6. The maximum absolute atomic E-state index is 14.2. The summed E-state index contributed by atoms with van der Waals surface area (Å²) in [5, 5.41) is 61.1. The van der Waals surface area contributed by atoms with Crippen LogP contribution in [0.2, 0.25) is 0 Å². The second-order valence-electron chi connectivity index (χ2n) is 16.0. The number of rotatable bonds is 10. The summed E-state index contributed by atoms with van der Waals surface area (Å²) in [6.07, 6.45) is -10.6. The van der Waals surface area contributed by atoms with Gasteiger partial charge in [-0.15, -0.1) is 0 Å². The smallest absolute Gasteiger partial charge is 0.338 e. The van der Waals surface area contributed by atoms with E-state index >= 15 is 0 Å². The summed E-state index contributed by atoms with van der Waals surface area (Å²) in [4.78, 5) is 26.8. The average molecular weight is 702 g/mol. The highest BCUT2D eigenvalue weighted by Gasteiger charge is 2.59. The summed E-state index contributed by atoms with van der Waals surface area (Å²) < 4.78 is 31.7. The molecule has 13 nitrogen and oxygen atoms in total. The molecule has 0 aromatic heterocycles. The molecular weight excluding hydrogens is 638 g/mol. The van der Waals surface area contributed by atoms with Crippen molar-refractivity contribution in [1.82, 2.24) is 5.32 Å². The highest BCUT2D eigenvalue weighted by molar-refractivity contribution is 5.76. The Labute approximate surface area is 291 Å². The van der Waals surface area contributed by atoms with Gasteiger partial charge in [-0.3, -0.25) is 4.79 Å². The first-order valence-corrected chi connectivity index (χ1v) is 18.4. The molecule has 15 atom stereocenters. The first kappa shape index (κ1) is 40.4. The third-order valence-corrected chi connectivity index (χ3v) is 12.2. The first-order chi connectivity index (χ1) is 22.8. The Bertz CT molecular complexity index is 1130. The monoisotopic (exact) mass is 701 g/mol. The van der Waals surface area contributed by atoms with E-state index in [2.05, 4.69) is 5.32 Å². The molecule has 1 amide bonds. The number of hydrogen-bond donors (Lipinski definition) is 6. The van der Waals surface area contributed by atoms with Gasteiger partial charge in [0, 0.05) is 12.8 Å². The van der Waals surface area contributed by atoms with Crippen LogP contribution < -0.4 is 5.32 Å². The summed E-state index contributed by atoms with van der Waals surface area (Å²) in [5.41, 5.74) is -2.56. The van der Waals surface area contributed by atoms with Crippen LogP contribution in [-0.2, 0) is 33.3 Å². The van der Waals surface area contributed by atoms with Crippen LogP contribution in [-0.4, -0.2) is 122 Å². The van der Waals surface area contributed by atoms with Crippen LogP contribution in [0.25, 0.3) is 0 Å². The van der Waals surface area contributed by atoms with Crippen molar-refractivity contribution in [1.29, 1.82) is 0 Å². The standard InChI is InChI=1S/C36H63NO12/c1-10-16-35(8,11-2)31-22(37-18(5)38)27-26(42)28(46-31)23(39)19-14-15-20(34(6,7)44)21(17-19)45-32(43)30-29(49-36(9,12-3)13-4)24(40)25(41)33(47-27)48-30/h19-31,33,39-42,44H,10-17H2,1-9H3,(H,37,38)/t19?,20?,21?,22?,23?,24?,25?,26?,27?,28?,29?,30?,31-,33?,35?/m0/s1. The molecule has 49 heavy (non-hydrogen) atoms. The number of carbonyl (C=O) groups excluding carboxylic acids is 2. The Hall–Kier alpha value is -1.42. The Morgan fingerprint density at radius 2 is 1.53 bits per heavy atom. The van der Waals surface area contributed by atoms with E-state index in [1.807, 2.05) is 41.5 Å². The van der Waals surface area contributed by atoms with Crippen LogP contribution in [0.4, 0.5) is 0 Å². The highest BCUT2D eigenvalue weighted by Crippen LogP contribution is 2.46. The largest absolute Gasteiger partial charge is 0.460 e. The second kappa shape index (κ2) is 15.7. The Balaban J connectivity index is 1.88. The van der Waals surface area contributed by atoms with Crippen molar-refractivity contribution in [2.45, 2.75) is 198 Å². The third-order valence-electron chi connectivity index (χ3n) is 12.2. The molecule has 6 bridgehead atoms. The summed E-state index contributed by atoms with van der Waals surface area (Å²) in [5.74, 6) is -2.27. The fourth-order valence-corrected chi connectivity index (χ4v) is 8.50. The number of aliphatic hydroxyl groups excluding tert-OH is 4. The van der Waals surface area contributed by atoms with Gasteiger partial charge in [0.15, 0.2) is 12.4 Å². The zero-order valence-electron chi connectivity index (χ0n) is 30.8. The Morgan fingerprint density at radius 1 is 0.878 bits per heavy atom. The van der Waals surface area contributed by atoms with Crippen molar-refractivity contribution in [3.63, 3.8) is 0 Å². The molecular formula is C36H63NO12. The minimum Gasteiger partial charge on any atom is -0.460 e. The van der Waals surface area contributed by atoms with Gasteiger partial charge in [-0.2, -0.15) is 0 Å². The van der Waals surface area contributed by atoms with Crippen molar-refractivity contribution in [2.75, 3.05) is 0 Å². The van der Waals surface area contributed by atoms with Crippen LogP contribution in [0.1, 0.15) is 114 Å². The number of fused-ring (bicyclic) bond motifs is 6. The number of carbonyl (C=O) groups is 2. The molecule has 0 aromatic rings. The van der Waals surface area contributed by atoms with E-state index in [4.69, 9.17) is 23.7 Å². The number of nitrogens with one attached hydrogen (secondary N) is 1. The van der Waals surface area contributed by atoms with Gasteiger partial charge in [-0.1, -0.05) is 41.0 Å². The van der Waals surface area contributed by atoms with Gasteiger partial charge in [0.05, 0.1) is 29.5 Å². The zero-order valence-corrected chi connectivity index (χ0v) is 30.8. The molecule has 3 heterocycles. The Morgan fingerprint density at radius 3 is 2.08 bits per heavy atom. The number of esters is 1. The van der Waals surface area contributed by atoms with E-state index in [1.54, 1.807) is 13.8 Å². The first-order valence-electron chi connectivity index (χ1n) is 18.4. The lowest BCUT2D eigenvalue weighted by atomic mass is 9.68. The van der Waals surface area contributed by atoms with Crippen LogP contribution in [0.3, 0.4) is 0 Å². The fourth-order valence-electron chi connectivity index (χ4n) is 8.50. The molecule has 4 aliphatic rings. The average Bonchev–Trinajstić information content (AvgIpc) is 3.04. The molecule has 0 spiro atoms. The summed E-state index contributed by atoms with van der Waals surface area (Å²) in [6, 6.07) is -0.952. The van der Waals surface area contributed by atoms with Crippen LogP contribution in [0, 0.1) is 17.3 Å². The Kier molecular flexibility index (Phi) is 12.9. The van der Waals surface area contributed by atoms with E-state index in [1.165, 1.54) is 6.92 Å². The number of amides is 1. The molecule has 6 N–H and O–H groups in total. The molecule has 284 valence electrons. The minimum absolute atomic E-state index is 0.161. The van der Waals surface area contributed by atoms with Crippen LogP contribution in [0.15, 0.2) is 0 Å². The van der Waals surface area contributed by atoms with E-state index < -0.39 is 114 Å². The quantitative estimate of drug-likeness (QED) is 0.182. The maximum Gasteiger partial charge on any atom is 0.338 e. The lowest BCUT2D eigenvalue weighted by molar-refractivity contribution is -0.342. The topological polar surface area (TPSA) is 193 Å². The third kappa shape index (κ3) is 8.30.